The van der Waals surface area contributed by atoms with Gasteiger partial charge in [-0.1, -0.05) is 32.0 Å². The van der Waals surface area contributed by atoms with Crippen molar-refractivity contribution in [1.29, 1.82) is 0 Å². The standard InChI is InChI=1S/C16H24N2O/c1-12(17-14-9-10-16(2,3)11-14)15(19)18-13-7-5-4-6-8-13/h4-8,12,14,17H,9-11H2,1-3H3,(H,18,19). The molecule has 1 fully saturated rings. The summed E-state index contributed by atoms with van der Waals surface area (Å²) in [4.78, 5) is 12.1. The van der Waals surface area contributed by atoms with Crippen molar-refractivity contribution in [2.45, 2.75) is 52.1 Å². The summed E-state index contributed by atoms with van der Waals surface area (Å²) in [5.41, 5.74) is 1.26. The second-order valence-corrected chi connectivity index (χ2v) is 6.35. The SMILES string of the molecule is CC(NC1CCC(C)(C)C1)C(=O)Nc1ccccc1. The highest BCUT2D eigenvalue weighted by molar-refractivity contribution is 5.94. The lowest BCUT2D eigenvalue weighted by Gasteiger charge is -2.21. The predicted octanol–water partition coefficient (Wildman–Crippen LogP) is 3.18. The van der Waals surface area contributed by atoms with Crippen LogP contribution >= 0.6 is 0 Å². The summed E-state index contributed by atoms with van der Waals surface area (Å²) in [5.74, 6) is 0.0379. The van der Waals surface area contributed by atoms with E-state index in [1.807, 2.05) is 37.3 Å². The maximum atomic E-state index is 12.1. The van der Waals surface area contributed by atoms with Gasteiger partial charge in [-0.2, -0.15) is 0 Å². The van der Waals surface area contributed by atoms with Gasteiger partial charge in [-0.3, -0.25) is 4.79 Å². The average molecular weight is 260 g/mol. The zero-order chi connectivity index (χ0) is 13.9. The number of rotatable bonds is 4. The molecule has 2 atom stereocenters. The van der Waals surface area contributed by atoms with Gasteiger partial charge in [0.2, 0.25) is 5.91 Å². The fourth-order valence-electron chi connectivity index (χ4n) is 2.78. The van der Waals surface area contributed by atoms with Crippen LogP contribution in [0.5, 0.6) is 0 Å². The number of para-hydroxylation sites is 1. The highest BCUT2D eigenvalue weighted by Crippen LogP contribution is 2.37. The number of anilines is 1. The Morgan fingerprint density at radius 2 is 2.00 bits per heavy atom. The Morgan fingerprint density at radius 1 is 1.32 bits per heavy atom. The van der Waals surface area contributed by atoms with Gasteiger partial charge >= 0.3 is 0 Å². The number of amides is 1. The van der Waals surface area contributed by atoms with Crippen LogP contribution in [0.15, 0.2) is 30.3 Å². The van der Waals surface area contributed by atoms with Crippen LogP contribution in [-0.2, 0) is 4.79 Å². The smallest absolute Gasteiger partial charge is 0.241 e. The van der Waals surface area contributed by atoms with E-state index in [0.717, 1.165) is 18.5 Å². The van der Waals surface area contributed by atoms with Crippen LogP contribution in [0.4, 0.5) is 5.69 Å². The average Bonchev–Trinajstić information content (AvgIpc) is 2.70. The van der Waals surface area contributed by atoms with Gasteiger partial charge in [0.05, 0.1) is 6.04 Å². The summed E-state index contributed by atoms with van der Waals surface area (Å²) in [5, 5.41) is 6.38. The molecule has 1 aliphatic rings. The third kappa shape index (κ3) is 4.06. The molecule has 2 unspecified atom stereocenters. The molecule has 0 heterocycles. The molecular weight excluding hydrogens is 236 g/mol. The van der Waals surface area contributed by atoms with Crippen molar-refractivity contribution in [3.8, 4) is 0 Å². The van der Waals surface area contributed by atoms with E-state index in [1.54, 1.807) is 0 Å². The minimum atomic E-state index is -0.154. The van der Waals surface area contributed by atoms with E-state index in [9.17, 15) is 4.79 Å². The molecule has 104 valence electrons. The van der Waals surface area contributed by atoms with E-state index < -0.39 is 0 Å². The zero-order valence-electron chi connectivity index (χ0n) is 12.1. The molecule has 1 saturated carbocycles. The van der Waals surface area contributed by atoms with Gasteiger partial charge < -0.3 is 10.6 Å². The fourth-order valence-corrected chi connectivity index (χ4v) is 2.78. The number of hydrogen-bond donors (Lipinski definition) is 2. The summed E-state index contributed by atoms with van der Waals surface area (Å²) in [6, 6.07) is 9.91. The van der Waals surface area contributed by atoms with E-state index in [4.69, 9.17) is 0 Å². The Bertz CT molecular complexity index is 428. The molecule has 1 aliphatic carbocycles. The van der Waals surface area contributed by atoms with Crippen LogP contribution in [0.3, 0.4) is 0 Å². The number of hydrogen-bond acceptors (Lipinski definition) is 2. The lowest BCUT2D eigenvalue weighted by Crippen LogP contribution is -2.43. The number of benzene rings is 1. The second kappa shape index (κ2) is 5.74. The highest BCUT2D eigenvalue weighted by atomic mass is 16.2. The maximum Gasteiger partial charge on any atom is 0.241 e. The Morgan fingerprint density at radius 3 is 2.58 bits per heavy atom. The largest absolute Gasteiger partial charge is 0.325 e. The molecule has 2 rings (SSSR count). The van der Waals surface area contributed by atoms with E-state index in [0.29, 0.717) is 11.5 Å². The molecule has 0 spiro atoms. The number of carbonyl (C=O) groups is 1. The first-order valence-corrected chi connectivity index (χ1v) is 7.08. The van der Waals surface area contributed by atoms with Crippen LogP contribution in [0.1, 0.15) is 40.0 Å². The lowest BCUT2D eigenvalue weighted by molar-refractivity contribution is -0.118. The van der Waals surface area contributed by atoms with Gasteiger partial charge in [0, 0.05) is 11.7 Å². The van der Waals surface area contributed by atoms with Crippen molar-refractivity contribution < 1.29 is 4.79 Å². The molecule has 3 nitrogen and oxygen atoms in total. The predicted molar refractivity (Wildman–Crippen MR) is 79.1 cm³/mol. The molecule has 3 heteroatoms. The van der Waals surface area contributed by atoms with Crippen LogP contribution < -0.4 is 10.6 Å². The van der Waals surface area contributed by atoms with E-state index in [-0.39, 0.29) is 11.9 Å². The molecule has 0 bridgehead atoms. The van der Waals surface area contributed by atoms with Crippen molar-refractivity contribution in [2.24, 2.45) is 5.41 Å². The molecule has 0 aromatic heterocycles. The first-order chi connectivity index (χ1) is 8.96. The molecular formula is C16H24N2O. The molecule has 1 aromatic rings. The van der Waals surface area contributed by atoms with Crippen LogP contribution in [0.25, 0.3) is 0 Å². The van der Waals surface area contributed by atoms with Gasteiger partial charge in [-0.05, 0) is 43.7 Å². The fraction of sp³-hybridized carbons (Fsp3) is 0.562. The second-order valence-electron chi connectivity index (χ2n) is 6.35. The van der Waals surface area contributed by atoms with E-state index in [2.05, 4.69) is 24.5 Å². The van der Waals surface area contributed by atoms with Crippen molar-refractivity contribution in [1.82, 2.24) is 5.32 Å². The van der Waals surface area contributed by atoms with Crippen molar-refractivity contribution in [2.75, 3.05) is 5.32 Å². The molecule has 1 amide bonds. The normalized spacial score (nSPS) is 23.0. The summed E-state index contributed by atoms with van der Waals surface area (Å²) in [6.07, 6.45) is 3.55. The highest BCUT2D eigenvalue weighted by Gasteiger charge is 2.32. The van der Waals surface area contributed by atoms with Gasteiger partial charge in [0.1, 0.15) is 0 Å². The third-order valence-electron chi connectivity index (χ3n) is 3.89. The number of nitrogens with one attached hydrogen (secondary N) is 2. The molecule has 0 aliphatic heterocycles. The van der Waals surface area contributed by atoms with Crippen LogP contribution in [-0.4, -0.2) is 18.0 Å². The minimum Gasteiger partial charge on any atom is -0.325 e. The van der Waals surface area contributed by atoms with Crippen molar-refractivity contribution in [3.05, 3.63) is 30.3 Å². The molecule has 0 radical (unpaired) electrons. The zero-order valence-corrected chi connectivity index (χ0v) is 12.1. The Balaban J connectivity index is 1.83. The monoisotopic (exact) mass is 260 g/mol. The molecule has 2 N–H and O–H groups in total. The third-order valence-corrected chi connectivity index (χ3v) is 3.89. The first kappa shape index (κ1) is 14.1. The van der Waals surface area contributed by atoms with Gasteiger partial charge in [0.25, 0.3) is 0 Å². The topological polar surface area (TPSA) is 41.1 Å². The van der Waals surface area contributed by atoms with E-state index >= 15 is 0 Å². The van der Waals surface area contributed by atoms with Gasteiger partial charge in [-0.15, -0.1) is 0 Å². The lowest BCUT2D eigenvalue weighted by atomic mass is 9.92. The molecule has 1 aromatic carbocycles. The van der Waals surface area contributed by atoms with Crippen LogP contribution in [0, 0.1) is 5.41 Å². The molecule has 19 heavy (non-hydrogen) atoms. The minimum absolute atomic E-state index is 0.0379. The Hall–Kier alpha value is -1.35. The summed E-state index contributed by atoms with van der Waals surface area (Å²) < 4.78 is 0. The Kier molecular flexibility index (Phi) is 4.25. The van der Waals surface area contributed by atoms with Crippen molar-refractivity contribution in [3.63, 3.8) is 0 Å². The van der Waals surface area contributed by atoms with E-state index in [1.165, 1.54) is 6.42 Å². The summed E-state index contributed by atoms with van der Waals surface area (Å²) in [7, 11) is 0. The molecule has 0 saturated heterocycles. The quantitative estimate of drug-likeness (QED) is 0.873. The van der Waals surface area contributed by atoms with Crippen molar-refractivity contribution >= 4 is 11.6 Å². The summed E-state index contributed by atoms with van der Waals surface area (Å²) in [6.45, 7) is 6.52. The Labute approximate surface area is 115 Å². The van der Waals surface area contributed by atoms with Crippen LogP contribution in [0.2, 0.25) is 0 Å². The maximum absolute atomic E-state index is 12.1. The number of carbonyl (C=O) groups excluding carboxylic acids is 1. The van der Waals surface area contributed by atoms with Gasteiger partial charge in [0.15, 0.2) is 0 Å². The summed E-state index contributed by atoms with van der Waals surface area (Å²) >= 11 is 0. The first-order valence-electron chi connectivity index (χ1n) is 7.08. The van der Waals surface area contributed by atoms with Gasteiger partial charge in [-0.25, -0.2) is 0 Å².